The highest BCUT2D eigenvalue weighted by molar-refractivity contribution is 6.28. The van der Waals surface area contributed by atoms with Crippen LogP contribution in [-0.4, -0.2) is 26.1 Å². The van der Waals surface area contributed by atoms with Crippen LogP contribution in [0, 0.1) is 0 Å². The fourth-order valence-electron chi connectivity index (χ4n) is 1.99. The number of methoxy groups -OCH3 is 1. The second-order valence-electron chi connectivity index (χ2n) is 4.83. The third-order valence-corrected chi connectivity index (χ3v) is 3.05. The number of nitrogens with one attached hydrogen (secondary N) is 1. The smallest absolute Gasteiger partial charge is 0.193 e. The van der Waals surface area contributed by atoms with Crippen molar-refractivity contribution in [3.8, 4) is 5.75 Å². The largest absolute Gasteiger partial charge is 0.495 e. The Morgan fingerprint density at radius 2 is 2.05 bits per heavy atom. The van der Waals surface area contributed by atoms with Gasteiger partial charge in [-0.3, -0.25) is 0 Å². The van der Waals surface area contributed by atoms with E-state index < -0.39 is 0 Å². The van der Waals surface area contributed by atoms with Crippen molar-refractivity contribution >= 4 is 17.3 Å². The standard InChI is InChI=1S/C15H19ClN2O2/c1-18(2)10-11-4-6-14(19-3)13(8-11)17-9-12-5-7-15(16)20-12/h4-8,17H,9-10H2,1-3H3. The highest BCUT2D eigenvalue weighted by Crippen LogP contribution is 2.27. The lowest BCUT2D eigenvalue weighted by atomic mass is 10.1. The lowest BCUT2D eigenvalue weighted by Gasteiger charge is -2.14. The van der Waals surface area contributed by atoms with E-state index in [-0.39, 0.29) is 0 Å². The van der Waals surface area contributed by atoms with E-state index in [1.54, 1.807) is 13.2 Å². The van der Waals surface area contributed by atoms with Gasteiger partial charge in [-0.2, -0.15) is 0 Å². The molecule has 0 saturated heterocycles. The van der Waals surface area contributed by atoms with Crippen LogP contribution in [0.2, 0.25) is 5.22 Å². The quantitative estimate of drug-likeness (QED) is 0.883. The lowest BCUT2D eigenvalue weighted by Crippen LogP contribution is -2.11. The van der Waals surface area contributed by atoms with Crippen molar-refractivity contribution in [3.05, 3.63) is 46.9 Å². The van der Waals surface area contributed by atoms with Crippen LogP contribution in [0.4, 0.5) is 5.69 Å². The summed E-state index contributed by atoms with van der Waals surface area (Å²) < 4.78 is 10.7. The molecule has 0 spiro atoms. The Balaban J connectivity index is 2.11. The highest BCUT2D eigenvalue weighted by Gasteiger charge is 2.06. The molecule has 2 aromatic rings. The number of halogens is 1. The molecule has 5 heteroatoms. The second kappa shape index (κ2) is 6.68. The van der Waals surface area contributed by atoms with Gasteiger partial charge in [-0.05, 0) is 55.5 Å². The first-order chi connectivity index (χ1) is 9.58. The van der Waals surface area contributed by atoms with Crippen LogP contribution in [0.15, 0.2) is 34.7 Å². The molecule has 4 nitrogen and oxygen atoms in total. The Kier molecular flexibility index (Phi) is 4.93. The minimum atomic E-state index is 0.398. The van der Waals surface area contributed by atoms with E-state index in [1.807, 2.05) is 26.2 Å². The molecule has 0 aliphatic heterocycles. The molecule has 0 atom stereocenters. The summed E-state index contributed by atoms with van der Waals surface area (Å²) in [7, 11) is 5.75. The number of rotatable bonds is 6. The summed E-state index contributed by atoms with van der Waals surface area (Å²) in [6.45, 7) is 1.44. The van der Waals surface area contributed by atoms with Crippen molar-refractivity contribution < 1.29 is 9.15 Å². The first-order valence-electron chi connectivity index (χ1n) is 6.38. The van der Waals surface area contributed by atoms with Gasteiger partial charge in [-0.1, -0.05) is 6.07 Å². The topological polar surface area (TPSA) is 37.6 Å². The third kappa shape index (κ3) is 3.92. The predicted octanol–water partition coefficient (Wildman–Crippen LogP) is 3.62. The lowest BCUT2D eigenvalue weighted by molar-refractivity contribution is 0.400. The van der Waals surface area contributed by atoms with Crippen molar-refractivity contribution in [3.63, 3.8) is 0 Å². The van der Waals surface area contributed by atoms with Gasteiger partial charge in [0.05, 0.1) is 19.3 Å². The highest BCUT2D eigenvalue weighted by atomic mass is 35.5. The Labute approximate surface area is 124 Å². The molecule has 0 bridgehead atoms. The van der Waals surface area contributed by atoms with Gasteiger partial charge in [-0.15, -0.1) is 0 Å². The van der Waals surface area contributed by atoms with Crippen LogP contribution < -0.4 is 10.1 Å². The van der Waals surface area contributed by atoms with Crippen LogP contribution in [0.3, 0.4) is 0 Å². The zero-order valence-electron chi connectivity index (χ0n) is 11.9. The minimum Gasteiger partial charge on any atom is -0.495 e. The summed E-state index contributed by atoms with van der Waals surface area (Å²) >= 11 is 5.76. The molecule has 0 fully saturated rings. The van der Waals surface area contributed by atoms with Crippen LogP contribution in [-0.2, 0) is 13.1 Å². The maximum atomic E-state index is 5.76. The van der Waals surface area contributed by atoms with Gasteiger partial charge in [0.25, 0.3) is 0 Å². The van der Waals surface area contributed by atoms with Crippen LogP contribution in [0.1, 0.15) is 11.3 Å². The summed E-state index contributed by atoms with van der Waals surface area (Å²) in [6.07, 6.45) is 0. The number of anilines is 1. The van der Waals surface area contributed by atoms with Crippen molar-refractivity contribution in [2.24, 2.45) is 0 Å². The summed E-state index contributed by atoms with van der Waals surface area (Å²) in [5.74, 6) is 1.60. The van der Waals surface area contributed by atoms with Gasteiger partial charge in [0, 0.05) is 6.54 Å². The van der Waals surface area contributed by atoms with Crippen molar-refractivity contribution in [1.82, 2.24) is 4.90 Å². The van der Waals surface area contributed by atoms with E-state index in [1.165, 1.54) is 5.56 Å². The number of hydrogen-bond acceptors (Lipinski definition) is 4. The molecule has 0 unspecified atom stereocenters. The molecular formula is C15H19ClN2O2. The molecule has 0 aliphatic rings. The van der Waals surface area contributed by atoms with Gasteiger partial charge in [0.1, 0.15) is 11.5 Å². The molecule has 0 radical (unpaired) electrons. The van der Waals surface area contributed by atoms with Gasteiger partial charge in [0.15, 0.2) is 5.22 Å². The second-order valence-corrected chi connectivity index (χ2v) is 5.20. The van der Waals surface area contributed by atoms with E-state index in [4.69, 9.17) is 20.8 Å². The fourth-order valence-corrected chi connectivity index (χ4v) is 2.15. The maximum Gasteiger partial charge on any atom is 0.193 e. The van der Waals surface area contributed by atoms with Gasteiger partial charge in [0.2, 0.25) is 0 Å². The number of benzene rings is 1. The summed E-state index contributed by atoms with van der Waals surface area (Å²) in [5.41, 5.74) is 2.16. The Hall–Kier alpha value is -1.65. The van der Waals surface area contributed by atoms with E-state index >= 15 is 0 Å². The summed E-state index contributed by atoms with van der Waals surface area (Å²) in [5, 5.41) is 3.71. The third-order valence-electron chi connectivity index (χ3n) is 2.84. The molecule has 20 heavy (non-hydrogen) atoms. The Morgan fingerprint density at radius 3 is 2.65 bits per heavy atom. The van der Waals surface area contributed by atoms with Gasteiger partial charge in [-0.25, -0.2) is 0 Å². The molecule has 1 aromatic heterocycles. The van der Waals surface area contributed by atoms with Crippen LogP contribution in [0.5, 0.6) is 5.75 Å². The van der Waals surface area contributed by atoms with Crippen LogP contribution >= 0.6 is 11.6 Å². The molecule has 0 aliphatic carbocycles. The molecular weight excluding hydrogens is 276 g/mol. The average Bonchev–Trinajstić information content (AvgIpc) is 2.82. The Bertz CT molecular complexity index is 567. The van der Waals surface area contributed by atoms with Crippen molar-refractivity contribution in [2.75, 3.05) is 26.5 Å². The number of hydrogen-bond donors (Lipinski definition) is 1. The first kappa shape index (κ1) is 14.8. The summed E-state index contributed by atoms with van der Waals surface area (Å²) in [6, 6.07) is 9.71. The SMILES string of the molecule is COc1ccc(CN(C)C)cc1NCc1ccc(Cl)o1. The fraction of sp³-hybridized carbons (Fsp3) is 0.333. The Morgan fingerprint density at radius 1 is 1.25 bits per heavy atom. The van der Waals surface area contributed by atoms with Crippen LogP contribution in [0.25, 0.3) is 0 Å². The molecule has 1 aromatic carbocycles. The van der Waals surface area contributed by atoms with Gasteiger partial charge >= 0.3 is 0 Å². The maximum absolute atomic E-state index is 5.76. The number of ether oxygens (including phenoxy) is 1. The minimum absolute atomic E-state index is 0.398. The summed E-state index contributed by atoms with van der Waals surface area (Å²) in [4.78, 5) is 2.12. The van der Waals surface area contributed by atoms with E-state index in [2.05, 4.69) is 22.3 Å². The van der Waals surface area contributed by atoms with Gasteiger partial charge < -0.3 is 19.4 Å². The van der Waals surface area contributed by atoms with E-state index in [0.29, 0.717) is 11.8 Å². The average molecular weight is 295 g/mol. The van der Waals surface area contributed by atoms with E-state index in [9.17, 15) is 0 Å². The normalized spacial score (nSPS) is 10.8. The zero-order chi connectivity index (χ0) is 14.5. The van der Waals surface area contributed by atoms with Crippen molar-refractivity contribution in [1.29, 1.82) is 0 Å². The predicted molar refractivity (Wildman–Crippen MR) is 81.4 cm³/mol. The molecule has 0 amide bonds. The molecule has 1 N–H and O–H groups in total. The monoisotopic (exact) mass is 294 g/mol. The van der Waals surface area contributed by atoms with E-state index in [0.717, 1.165) is 23.7 Å². The van der Waals surface area contributed by atoms with Crippen molar-refractivity contribution in [2.45, 2.75) is 13.1 Å². The number of nitrogens with zero attached hydrogens (tertiary/aromatic N) is 1. The molecule has 2 rings (SSSR count). The molecule has 0 saturated carbocycles. The first-order valence-corrected chi connectivity index (χ1v) is 6.76. The number of furan rings is 1. The molecule has 108 valence electrons. The molecule has 1 heterocycles. The zero-order valence-corrected chi connectivity index (χ0v) is 12.7.